The lowest BCUT2D eigenvalue weighted by Gasteiger charge is -2.05. The number of benzene rings is 2. The molecule has 3 aromatic rings. The van der Waals surface area contributed by atoms with Gasteiger partial charge in [0.1, 0.15) is 0 Å². The third kappa shape index (κ3) is 2.98. The molecule has 4 nitrogen and oxygen atoms in total. The Labute approximate surface area is 133 Å². The maximum atomic E-state index is 12.4. The quantitative estimate of drug-likeness (QED) is 0.786. The van der Waals surface area contributed by atoms with Crippen molar-refractivity contribution < 1.29 is 8.42 Å². The predicted molar refractivity (Wildman–Crippen MR) is 91.0 cm³/mol. The van der Waals surface area contributed by atoms with Crippen LogP contribution in [0.15, 0.2) is 47.4 Å². The lowest BCUT2D eigenvalue weighted by molar-refractivity contribution is 0.601. The summed E-state index contributed by atoms with van der Waals surface area (Å²) in [5, 5.41) is 0.389. The molecule has 2 aromatic carbocycles. The fourth-order valence-corrected chi connectivity index (χ4v) is 4.35. The van der Waals surface area contributed by atoms with Gasteiger partial charge in [-0.3, -0.25) is 4.72 Å². The second kappa shape index (κ2) is 5.70. The van der Waals surface area contributed by atoms with Crippen molar-refractivity contribution in [2.45, 2.75) is 25.2 Å². The molecule has 114 valence electrons. The van der Waals surface area contributed by atoms with Crippen molar-refractivity contribution in [3.05, 3.63) is 53.6 Å². The number of aryl methyl sites for hydroxylation is 2. The van der Waals surface area contributed by atoms with Gasteiger partial charge in [-0.05, 0) is 48.7 Å². The Morgan fingerprint density at radius 3 is 2.55 bits per heavy atom. The highest BCUT2D eigenvalue weighted by Crippen LogP contribution is 2.28. The fourth-order valence-electron chi connectivity index (χ4n) is 2.15. The van der Waals surface area contributed by atoms with Crippen LogP contribution < -0.4 is 4.72 Å². The van der Waals surface area contributed by atoms with Gasteiger partial charge in [-0.15, -0.1) is 0 Å². The van der Waals surface area contributed by atoms with Crippen molar-refractivity contribution in [2.75, 3.05) is 4.72 Å². The Bertz CT molecular complexity index is 913. The fraction of sp³-hybridized carbons (Fsp3) is 0.188. The average Bonchev–Trinajstić information content (AvgIpc) is 2.87. The van der Waals surface area contributed by atoms with E-state index in [0.717, 1.165) is 27.8 Å². The lowest BCUT2D eigenvalue weighted by atomic mass is 10.2. The minimum atomic E-state index is -3.60. The van der Waals surface area contributed by atoms with Gasteiger partial charge in [-0.25, -0.2) is 13.4 Å². The predicted octanol–water partition coefficient (Wildman–Crippen LogP) is 3.97. The topological polar surface area (TPSA) is 59.1 Å². The van der Waals surface area contributed by atoms with Crippen LogP contribution in [0.2, 0.25) is 0 Å². The molecule has 0 aliphatic carbocycles. The van der Waals surface area contributed by atoms with E-state index >= 15 is 0 Å². The molecule has 6 heteroatoms. The minimum absolute atomic E-state index is 0.250. The van der Waals surface area contributed by atoms with Crippen LogP contribution in [0.3, 0.4) is 0 Å². The Balaban J connectivity index is 1.91. The Morgan fingerprint density at radius 1 is 1.14 bits per heavy atom. The number of sulfonamides is 1. The van der Waals surface area contributed by atoms with E-state index in [0.29, 0.717) is 5.13 Å². The zero-order valence-electron chi connectivity index (χ0n) is 12.3. The molecule has 0 bridgehead atoms. The van der Waals surface area contributed by atoms with Crippen molar-refractivity contribution in [1.82, 2.24) is 4.98 Å². The second-order valence-corrected chi connectivity index (χ2v) is 7.81. The summed E-state index contributed by atoms with van der Waals surface area (Å²) in [6.45, 7) is 4.03. The number of fused-ring (bicyclic) bond motifs is 1. The van der Waals surface area contributed by atoms with Gasteiger partial charge in [0.05, 0.1) is 15.1 Å². The zero-order valence-corrected chi connectivity index (χ0v) is 14.0. The van der Waals surface area contributed by atoms with E-state index < -0.39 is 10.0 Å². The van der Waals surface area contributed by atoms with E-state index in [1.807, 2.05) is 44.2 Å². The van der Waals surface area contributed by atoms with Crippen LogP contribution in [0.1, 0.15) is 18.1 Å². The van der Waals surface area contributed by atoms with Gasteiger partial charge in [0.25, 0.3) is 10.0 Å². The highest BCUT2D eigenvalue weighted by atomic mass is 32.2. The summed E-state index contributed by atoms with van der Waals surface area (Å²) in [6.07, 6.45) is 0.880. The summed E-state index contributed by atoms with van der Waals surface area (Å²) in [5.41, 5.74) is 3.03. The Kier molecular flexibility index (Phi) is 3.88. The first-order chi connectivity index (χ1) is 10.5. The normalized spacial score (nSPS) is 11.7. The van der Waals surface area contributed by atoms with Gasteiger partial charge in [-0.1, -0.05) is 36.5 Å². The number of anilines is 1. The van der Waals surface area contributed by atoms with Gasteiger partial charge in [0.2, 0.25) is 0 Å². The largest absolute Gasteiger partial charge is 0.263 e. The van der Waals surface area contributed by atoms with Crippen LogP contribution in [0.25, 0.3) is 10.2 Å². The molecule has 1 aromatic heterocycles. The van der Waals surface area contributed by atoms with Crippen LogP contribution in [0, 0.1) is 6.92 Å². The summed E-state index contributed by atoms with van der Waals surface area (Å²) >= 11 is 1.34. The molecule has 3 rings (SSSR count). The first kappa shape index (κ1) is 15.0. The summed E-state index contributed by atoms with van der Waals surface area (Å²) in [7, 11) is -3.60. The lowest BCUT2D eigenvalue weighted by Crippen LogP contribution is -2.12. The van der Waals surface area contributed by atoms with Gasteiger partial charge in [0.15, 0.2) is 5.13 Å². The Morgan fingerprint density at radius 2 is 1.86 bits per heavy atom. The molecule has 1 N–H and O–H groups in total. The van der Waals surface area contributed by atoms with Crippen molar-refractivity contribution >= 4 is 36.7 Å². The van der Waals surface area contributed by atoms with E-state index in [9.17, 15) is 8.42 Å². The average molecular weight is 332 g/mol. The number of rotatable bonds is 4. The number of thiazole rings is 1. The molecule has 22 heavy (non-hydrogen) atoms. The van der Waals surface area contributed by atoms with Crippen molar-refractivity contribution in [1.29, 1.82) is 0 Å². The van der Waals surface area contributed by atoms with Gasteiger partial charge in [-0.2, -0.15) is 0 Å². The van der Waals surface area contributed by atoms with Gasteiger partial charge >= 0.3 is 0 Å². The molecule has 0 unspecified atom stereocenters. The highest BCUT2D eigenvalue weighted by Gasteiger charge is 2.16. The number of nitrogens with one attached hydrogen (secondary N) is 1. The maximum Gasteiger partial charge on any atom is 0.263 e. The highest BCUT2D eigenvalue weighted by molar-refractivity contribution is 7.93. The van der Waals surface area contributed by atoms with E-state index in [1.54, 1.807) is 12.1 Å². The standard InChI is InChI=1S/C16H16N2O2S2/c1-3-12-5-7-13(8-6-12)22(19,20)18-16-17-14-9-4-11(2)10-15(14)21-16/h4-10H,3H2,1-2H3,(H,17,18). The van der Waals surface area contributed by atoms with Crippen LogP contribution in [-0.4, -0.2) is 13.4 Å². The monoisotopic (exact) mass is 332 g/mol. The summed E-state index contributed by atoms with van der Waals surface area (Å²) < 4.78 is 28.3. The molecule has 1 heterocycles. The zero-order chi connectivity index (χ0) is 15.7. The number of hydrogen-bond donors (Lipinski definition) is 1. The van der Waals surface area contributed by atoms with Crippen LogP contribution in [-0.2, 0) is 16.4 Å². The van der Waals surface area contributed by atoms with E-state index in [4.69, 9.17) is 0 Å². The van der Waals surface area contributed by atoms with Crippen molar-refractivity contribution in [2.24, 2.45) is 0 Å². The van der Waals surface area contributed by atoms with Crippen LogP contribution in [0.4, 0.5) is 5.13 Å². The SMILES string of the molecule is CCc1ccc(S(=O)(=O)Nc2nc3ccc(C)cc3s2)cc1. The molecule has 0 aliphatic rings. The van der Waals surface area contributed by atoms with Crippen molar-refractivity contribution in [3.63, 3.8) is 0 Å². The third-order valence-corrected chi connectivity index (χ3v) is 5.83. The molecule has 0 saturated carbocycles. The first-order valence-corrected chi connectivity index (χ1v) is 9.27. The first-order valence-electron chi connectivity index (χ1n) is 6.97. The maximum absolute atomic E-state index is 12.4. The Hall–Kier alpha value is -1.92. The number of aromatic nitrogens is 1. The van der Waals surface area contributed by atoms with Crippen molar-refractivity contribution in [3.8, 4) is 0 Å². The van der Waals surface area contributed by atoms with E-state index in [2.05, 4.69) is 9.71 Å². The minimum Gasteiger partial charge on any atom is -0.255 e. The molecule has 0 fully saturated rings. The van der Waals surface area contributed by atoms with Gasteiger partial charge < -0.3 is 0 Å². The molecule has 0 spiro atoms. The van der Waals surface area contributed by atoms with Crippen LogP contribution >= 0.6 is 11.3 Å². The second-order valence-electron chi connectivity index (χ2n) is 5.09. The smallest absolute Gasteiger partial charge is 0.255 e. The number of hydrogen-bond acceptors (Lipinski definition) is 4. The van der Waals surface area contributed by atoms with Gasteiger partial charge in [0, 0.05) is 0 Å². The molecule has 0 amide bonds. The van der Waals surface area contributed by atoms with Crippen LogP contribution in [0.5, 0.6) is 0 Å². The summed E-state index contributed by atoms with van der Waals surface area (Å²) in [4.78, 5) is 4.58. The molecular formula is C16H16N2O2S2. The van der Waals surface area contributed by atoms with E-state index in [1.165, 1.54) is 11.3 Å². The van der Waals surface area contributed by atoms with E-state index in [-0.39, 0.29) is 4.90 Å². The number of nitrogens with zero attached hydrogens (tertiary/aromatic N) is 1. The summed E-state index contributed by atoms with van der Waals surface area (Å²) in [5.74, 6) is 0. The molecule has 0 atom stereocenters. The molecular weight excluding hydrogens is 316 g/mol. The molecule has 0 aliphatic heterocycles. The molecule has 0 radical (unpaired) electrons. The third-order valence-electron chi connectivity index (χ3n) is 3.41. The summed E-state index contributed by atoms with van der Waals surface area (Å²) in [6, 6.07) is 12.8. The molecule has 0 saturated heterocycles.